The third kappa shape index (κ3) is 3.63. The molecule has 8 heteroatoms. The number of anilines is 2. The van der Waals surface area contributed by atoms with Gasteiger partial charge in [-0.1, -0.05) is 59.6 Å². The zero-order valence-corrected chi connectivity index (χ0v) is 21.5. The van der Waals surface area contributed by atoms with Crippen molar-refractivity contribution in [2.24, 2.45) is 0 Å². The lowest BCUT2D eigenvalue weighted by atomic mass is 9.77. The van der Waals surface area contributed by atoms with Crippen molar-refractivity contribution in [2.45, 2.75) is 5.60 Å². The van der Waals surface area contributed by atoms with Crippen LogP contribution in [0, 0.1) is 0 Å². The number of hydrogen-bond donors (Lipinski definition) is 0. The van der Waals surface area contributed by atoms with Crippen LogP contribution in [-0.2, 0) is 15.1 Å². The van der Waals surface area contributed by atoms with Crippen molar-refractivity contribution >= 4 is 40.5 Å². The van der Waals surface area contributed by atoms with Gasteiger partial charge in [0.25, 0.3) is 0 Å². The predicted octanol–water partition coefficient (Wildman–Crippen LogP) is 7.31. The number of halogens is 2. The Balaban J connectivity index is 1.59. The zero-order valence-electron chi connectivity index (χ0n) is 20.0. The second-order valence-electron chi connectivity index (χ2n) is 8.74. The Morgan fingerprint density at radius 3 is 2.30 bits per heavy atom. The fraction of sp³-hybridized carbons (Fsp3) is 0.138. The van der Waals surface area contributed by atoms with Crippen LogP contribution in [0.5, 0.6) is 17.2 Å². The normalized spacial score (nSPS) is 16.9. The summed E-state index contributed by atoms with van der Waals surface area (Å²) in [6, 6.07) is 24.2. The van der Waals surface area contributed by atoms with Gasteiger partial charge in [-0.3, -0.25) is 0 Å². The molecule has 4 aromatic carbocycles. The van der Waals surface area contributed by atoms with E-state index in [1.54, 1.807) is 30.3 Å². The number of benzene rings is 4. The molecule has 2 heterocycles. The number of esters is 1. The SMILES string of the molecule is COCOc1cc2c(cc1Cl)C1(OC(=O)c3ccccc31)c1cc(Cl)c(N(C)c3ccccc3)cc1O2. The van der Waals surface area contributed by atoms with Gasteiger partial charge in [0.15, 0.2) is 12.4 Å². The van der Waals surface area contributed by atoms with Gasteiger partial charge in [-0.05, 0) is 30.3 Å². The van der Waals surface area contributed by atoms with Crippen LogP contribution in [0.4, 0.5) is 11.4 Å². The highest BCUT2D eigenvalue weighted by Crippen LogP contribution is 2.58. The van der Waals surface area contributed by atoms with Crippen molar-refractivity contribution in [2.75, 3.05) is 25.9 Å². The Morgan fingerprint density at radius 2 is 1.54 bits per heavy atom. The van der Waals surface area contributed by atoms with E-state index in [-0.39, 0.29) is 6.79 Å². The van der Waals surface area contributed by atoms with Gasteiger partial charge >= 0.3 is 5.97 Å². The van der Waals surface area contributed by atoms with Crippen molar-refractivity contribution in [1.82, 2.24) is 0 Å². The molecule has 1 spiro atoms. The topological polar surface area (TPSA) is 57.2 Å². The first-order valence-corrected chi connectivity index (χ1v) is 12.3. The minimum atomic E-state index is -1.30. The minimum Gasteiger partial charge on any atom is -0.466 e. The van der Waals surface area contributed by atoms with E-state index in [0.29, 0.717) is 49.5 Å². The molecule has 0 saturated heterocycles. The van der Waals surface area contributed by atoms with Gasteiger partial charge < -0.3 is 23.8 Å². The smallest absolute Gasteiger partial charge is 0.340 e. The molecule has 0 fully saturated rings. The van der Waals surface area contributed by atoms with E-state index in [9.17, 15) is 4.79 Å². The quantitative estimate of drug-likeness (QED) is 0.198. The van der Waals surface area contributed by atoms with Crippen LogP contribution < -0.4 is 14.4 Å². The number of carbonyl (C=O) groups excluding carboxylic acids is 1. The van der Waals surface area contributed by atoms with E-state index in [1.165, 1.54) is 7.11 Å². The summed E-state index contributed by atoms with van der Waals surface area (Å²) >= 11 is 13.5. The van der Waals surface area contributed by atoms with Gasteiger partial charge in [-0.2, -0.15) is 0 Å². The van der Waals surface area contributed by atoms with Gasteiger partial charge in [-0.15, -0.1) is 0 Å². The monoisotopic (exact) mass is 533 g/mol. The number of ether oxygens (including phenoxy) is 4. The molecule has 0 amide bonds. The molecule has 37 heavy (non-hydrogen) atoms. The molecular formula is C29H21Cl2NO5. The van der Waals surface area contributed by atoms with Crippen LogP contribution >= 0.6 is 23.2 Å². The Labute approximate surface area is 223 Å². The third-order valence-electron chi connectivity index (χ3n) is 6.67. The highest BCUT2D eigenvalue weighted by Gasteiger charge is 2.54. The van der Waals surface area contributed by atoms with E-state index in [4.69, 9.17) is 42.1 Å². The zero-order chi connectivity index (χ0) is 25.7. The molecule has 0 aromatic heterocycles. The summed E-state index contributed by atoms with van der Waals surface area (Å²) in [7, 11) is 3.45. The van der Waals surface area contributed by atoms with Crippen LogP contribution in [-0.4, -0.2) is 26.9 Å². The van der Waals surface area contributed by atoms with Crippen LogP contribution in [0.2, 0.25) is 10.0 Å². The highest BCUT2D eigenvalue weighted by atomic mass is 35.5. The lowest BCUT2D eigenvalue weighted by Crippen LogP contribution is -2.33. The molecule has 0 radical (unpaired) electrons. The maximum Gasteiger partial charge on any atom is 0.340 e. The fourth-order valence-electron chi connectivity index (χ4n) is 4.96. The van der Waals surface area contributed by atoms with E-state index in [0.717, 1.165) is 11.4 Å². The largest absolute Gasteiger partial charge is 0.466 e. The van der Waals surface area contributed by atoms with Gasteiger partial charge in [0.05, 0.1) is 21.3 Å². The van der Waals surface area contributed by atoms with Gasteiger partial charge in [0.1, 0.15) is 17.2 Å². The van der Waals surface area contributed by atoms with Crippen LogP contribution in [0.15, 0.2) is 78.9 Å². The van der Waals surface area contributed by atoms with Gasteiger partial charge in [0, 0.05) is 48.7 Å². The summed E-state index contributed by atoms with van der Waals surface area (Å²) in [6.07, 6.45) is 0. The fourth-order valence-corrected chi connectivity index (χ4v) is 5.47. The van der Waals surface area contributed by atoms with E-state index in [2.05, 4.69) is 0 Å². The Morgan fingerprint density at radius 1 is 0.865 bits per heavy atom. The number of carbonyl (C=O) groups is 1. The summed E-state index contributed by atoms with van der Waals surface area (Å²) in [4.78, 5) is 15.1. The first-order valence-electron chi connectivity index (χ1n) is 11.5. The molecule has 4 aromatic rings. The summed E-state index contributed by atoms with van der Waals surface area (Å²) < 4.78 is 23.3. The van der Waals surface area contributed by atoms with Gasteiger partial charge in [-0.25, -0.2) is 4.79 Å². The summed E-state index contributed by atoms with van der Waals surface area (Å²) in [6.45, 7) is 0.0136. The maximum absolute atomic E-state index is 13.1. The Hall–Kier alpha value is -3.71. The van der Waals surface area contributed by atoms with Crippen molar-refractivity contribution < 1.29 is 23.7 Å². The molecule has 0 bridgehead atoms. The average molecular weight is 534 g/mol. The Kier molecular flexibility index (Phi) is 5.75. The lowest BCUT2D eigenvalue weighted by molar-refractivity contribution is 0.0223. The molecular weight excluding hydrogens is 513 g/mol. The standard InChI is InChI=1S/C29H21Cl2NO5/c1-32(17-8-4-3-5-9-17)24-14-25-20(12-22(24)30)29(19-11-7-6-10-18(19)28(33)37-29)21-13-23(31)27(35-16-34-2)15-26(21)36-25/h3-15H,16H2,1-2H3. The molecule has 2 aliphatic rings. The number of methoxy groups -OCH3 is 1. The summed E-state index contributed by atoms with van der Waals surface area (Å²) in [5, 5.41) is 0.803. The van der Waals surface area contributed by atoms with Crippen molar-refractivity contribution in [3.8, 4) is 17.2 Å². The van der Waals surface area contributed by atoms with Gasteiger partial charge in [0.2, 0.25) is 0 Å². The molecule has 1 atom stereocenters. The van der Waals surface area contributed by atoms with Crippen molar-refractivity contribution in [1.29, 1.82) is 0 Å². The van der Waals surface area contributed by atoms with Crippen LogP contribution in [0.1, 0.15) is 27.0 Å². The van der Waals surface area contributed by atoms with Crippen LogP contribution in [0.25, 0.3) is 0 Å². The molecule has 6 rings (SSSR count). The van der Waals surface area contributed by atoms with E-state index in [1.807, 2.05) is 60.5 Å². The van der Waals surface area contributed by atoms with Crippen molar-refractivity contribution in [3.63, 3.8) is 0 Å². The predicted molar refractivity (Wildman–Crippen MR) is 142 cm³/mol. The number of hydrogen-bond acceptors (Lipinski definition) is 6. The molecule has 186 valence electrons. The summed E-state index contributed by atoms with van der Waals surface area (Å²) in [5.74, 6) is 0.892. The van der Waals surface area contributed by atoms with E-state index >= 15 is 0 Å². The molecule has 6 nitrogen and oxygen atoms in total. The second kappa shape index (κ2) is 8.99. The molecule has 1 unspecified atom stereocenters. The summed E-state index contributed by atoms with van der Waals surface area (Å²) in [5.41, 5.74) is 2.73. The number of rotatable bonds is 5. The van der Waals surface area contributed by atoms with Crippen molar-refractivity contribution in [3.05, 3.63) is 111 Å². The highest BCUT2D eigenvalue weighted by molar-refractivity contribution is 6.33. The molecule has 0 N–H and O–H groups in total. The van der Waals surface area contributed by atoms with E-state index < -0.39 is 11.6 Å². The lowest BCUT2D eigenvalue weighted by Gasteiger charge is -2.37. The number of nitrogens with zero attached hydrogens (tertiary/aromatic N) is 1. The molecule has 0 aliphatic carbocycles. The maximum atomic E-state index is 13.1. The second-order valence-corrected chi connectivity index (χ2v) is 9.56. The average Bonchev–Trinajstić information content (AvgIpc) is 3.21. The number of fused-ring (bicyclic) bond motifs is 6. The first-order chi connectivity index (χ1) is 17.9. The van der Waals surface area contributed by atoms with Crippen LogP contribution in [0.3, 0.4) is 0 Å². The Bertz CT molecular complexity index is 1540. The molecule has 2 aliphatic heterocycles. The third-order valence-corrected chi connectivity index (χ3v) is 7.27. The number of para-hydroxylation sites is 1. The minimum absolute atomic E-state index is 0.0136. The molecule has 0 saturated carbocycles. The first kappa shape index (κ1) is 23.7.